The van der Waals surface area contributed by atoms with E-state index in [1.807, 2.05) is 6.21 Å². The summed E-state index contributed by atoms with van der Waals surface area (Å²) in [5, 5.41) is 7.29. The van der Waals surface area contributed by atoms with Crippen LogP contribution in [-0.2, 0) is 0 Å². The molecule has 2 N–H and O–H groups in total. The van der Waals surface area contributed by atoms with Gasteiger partial charge >= 0.3 is 0 Å². The minimum atomic E-state index is -0.0106. The molecular weight excluding hydrogens is 342 g/mol. The molecule has 28 heavy (non-hydrogen) atoms. The van der Waals surface area contributed by atoms with E-state index < -0.39 is 0 Å². The molecule has 0 saturated carbocycles. The Balaban J connectivity index is 1.75. The molecule has 3 aromatic carbocycles. The molecule has 3 heteroatoms. The highest BCUT2D eigenvalue weighted by Gasteiger charge is 2.25. The van der Waals surface area contributed by atoms with Crippen LogP contribution in [0.15, 0.2) is 77.8 Å². The van der Waals surface area contributed by atoms with Crippen molar-refractivity contribution in [3.8, 4) is 22.3 Å². The third-order valence-corrected chi connectivity index (χ3v) is 5.41. The lowest BCUT2D eigenvalue weighted by Gasteiger charge is -2.12. The van der Waals surface area contributed by atoms with Crippen LogP contribution >= 0.6 is 0 Å². The van der Waals surface area contributed by atoms with E-state index in [4.69, 9.17) is 4.99 Å². The van der Waals surface area contributed by atoms with Gasteiger partial charge in [0.1, 0.15) is 6.17 Å². The number of nitrogens with zero attached hydrogens (tertiary/aromatic N) is 1. The van der Waals surface area contributed by atoms with Gasteiger partial charge in [0.15, 0.2) is 0 Å². The molecule has 0 radical (unpaired) electrons. The van der Waals surface area contributed by atoms with Crippen LogP contribution in [0.3, 0.4) is 0 Å². The molecule has 0 aromatic heterocycles. The summed E-state index contributed by atoms with van der Waals surface area (Å²) in [6, 6.07) is 25.8. The van der Waals surface area contributed by atoms with Gasteiger partial charge in [0.05, 0.1) is 11.4 Å². The molecule has 1 heterocycles. The predicted octanol–water partition coefficient (Wildman–Crippen LogP) is 6.30. The molecule has 0 fully saturated rings. The van der Waals surface area contributed by atoms with Crippen molar-refractivity contribution in [3.63, 3.8) is 0 Å². The monoisotopic (exact) mass is 369 g/mol. The van der Waals surface area contributed by atoms with Crippen molar-refractivity contribution in [1.82, 2.24) is 0 Å². The summed E-state index contributed by atoms with van der Waals surface area (Å²) in [5.41, 5.74) is 7.11. The first-order valence-corrected chi connectivity index (χ1v) is 9.97. The van der Waals surface area contributed by atoms with Gasteiger partial charge in [0.25, 0.3) is 0 Å². The van der Waals surface area contributed by atoms with E-state index in [1.165, 1.54) is 22.3 Å². The second-order valence-corrected chi connectivity index (χ2v) is 7.69. The molecule has 1 atom stereocenters. The van der Waals surface area contributed by atoms with Crippen LogP contribution in [0.5, 0.6) is 0 Å². The minimum absolute atomic E-state index is 0.0106. The topological polar surface area (TPSA) is 36.4 Å². The third kappa shape index (κ3) is 3.65. The van der Waals surface area contributed by atoms with Crippen LogP contribution in [0, 0.1) is 5.92 Å². The summed E-state index contributed by atoms with van der Waals surface area (Å²) in [7, 11) is 0. The van der Waals surface area contributed by atoms with Crippen LogP contribution in [0.2, 0.25) is 0 Å². The van der Waals surface area contributed by atoms with E-state index in [9.17, 15) is 0 Å². The Kier molecular flexibility index (Phi) is 5.16. The third-order valence-electron chi connectivity index (χ3n) is 5.41. The molecule has 4 rings (SSSR count). The Bertz CT molecular complexity index is 893. The second-order valence-electron chi connectivity index (χ2n) is 7.69. The molecule has 1 unspecified atom stereocenters. The first-order chi connectivity index (χ1) is 13.6. The van der Waals surface area contributed by atoms with Crippen LogP contribution in [0.1, 0.15) is 20.8 Å². The smallest absolute Gasteiger partial charge is 0.133 e. The average Bonchev–Trinajstić information content (AvgIpc) is 3.16. The summed E-state index contributed by atoms with van der Waals surface area (Å²) in [6.45, 7) is 6.56. The zero-order chi connectivity index (χ0) is 19.5. The number of aliphatic imine (C=N–C) groups is 1. The van der Waals surface area contributed by atoms with Gasteiger partial charge in [-0.25, -0.2) is 0 Å². The summed E-state index contributed by atoms with van der Waals surface area (Å²) in [4.78, 5) is 4.74. The number of fused-ring (bicyclic) bond motifs is 1. The van der Waals surface area contributed by atoms with Crippen molar-refractivity contribution in [2.45, 2.75) is 33.0 Å². The molecule has 3 nitrogen and oxygen atoms in total. The molecule has 3 aromatic rings. The lowest BCUT2D eigenvalue weighted by atomic mass is 9.96. The van der Waals surface area contributed by atoms with Gasteiger partial charge in [-0.05, 0) is 24.0 Å². The average molecular weight is 370 g/mol. The van der Waals surface area contributed by atoms with E-state index in [1.54, 1.807) is 0 Å². The molecule has 0 spiro atoms. The fourth-order valence-electron chi connectivity index (χ4n) is 3.43. The Labute approximate surface area is 167 Å². The van der Waals surface area contributed by atoms with E-state index >= 15 is 0 Å². The molecule has 0 saturated heterocycles. The van der Waals surface area contributed by atoms with Gasteiger partial charge in [-0.3, -0.25) is 4.99 Å². The zero-order valence-electron chi connectivity index (χ0n) is 16.7. The van der Waals surface area contributed by atoms with E-state index in [2.05, 4.69) is 104 Å². The van der Waals surface area contributed by atoms with E-state index in [0.717, 1.165) is 11.4 Å². The van der Waals surface area contributed by atoms with E-state index in [0.29, 0.717) is 12.0 Å². The fourth-order valence-corrected chi connectivity index (χ4v) is 3.43. The Hall–Kier alpha value is -3.07. The summed E-state index contributed by atoms with van der Waals surface area (Å²) in [5.74, 6) is 0.528. The van der Waals surface area contributed by atoms with Gasteiger partial charge in [-0.2, -0.15) is 0 Å². The van der Waals surface area contributed by atoms with Crippen molar-refractivity contribution < 1.29 is 0 Å². The number of hydrogen-bond acceptors (Lipinski definition) is 3. The van der Waals surface area contributed by atoms with Crippen molar-refractivity contribution in [1.29, 1.82) is 0 Å². The highest BCUT2D eigenvalue weighted by atomic mass is 15.2. The lowest BCUT2D eigenvalue weighted by molar-refractivity contribution is 0.532. The summed E-state index contributed by atoms with van der Waals surface area (Å²) >= 11 is 0. The number of anilines is 2. The largest absolute Gasteiger partial charge is 0.359 e. The van der Waals surface area contributed by atoms with Gasteiger partial charge < -0.3 is 10.6 Å². The number of nitrogens with one attached hydrogen (secondary N) is 2. The Morgan fingerprint density at radius 1 is 0.714 bits per heavy atom. The van der Waals surface area contributed by atoms with Crippen molar-refractivity contribution in [3.05, 3.63) is 72.8 Å². The van der Waals surface area contributed by atoms with Crippen LogP contribution < -0.4 is 10.6 Å². The first-order valence-electron chi connectivity index (χ1n) is 9.97. The SMILES string of the molecule is CC(C)C(C)N=CC1Nc2c(-c3ccccc3)ccc(-c3ccccc3)c2N1. The van der Waals surface area contributed by atoms with Crippen LogP contribution in [0.25, 0.3) is 22.3 Å². The molecule has 0 amide bonds. The van der Waals surface area contributed by atoms with Crippen molar-refractivity contribution in [2.24, 2.45) is 10.9 Å². The quantitative estimate of drug-likeness (QED) is 0.518. The van der Waals surface area contributed by atoms with E-state index in [-0.39, 0.29) is 6.17 Å². The molecule has 1 aliphatic heterocycles. The predicted molar refractivity (Wildman–Crippen MR) is 121 cm³/mol. The number of benzene rings is 3. The molecule has 142 valence electrons. The maximum atomic E-state index is 4.74. The van der Waals surface area contributed by atoms with Gasteiger partial charge in [-0.15, -0.1) is 0 Å². The number of hydrogen-bond donors (Lipinski definition) is 2. The minimum Gasteiger partial charge on any atom is -0.359 e. The van der Waals surface area contributed by atoms with Crippen LogP contribution in [-0.4, -0.2) is 18.4 Å². The van der Waals surface area contributed by atoms with Crippen molar-refractivity contribution in [2.75, 3.05) is 10.6 Å². The summed E-state index contributed by atoms with van der Waals surface area (Å²) < 4.78 is 0. The van der Waals surface area contributed by atoms with Gasteiger partial charge in [0, 0.05) is 23.4 Å². The zero-order valence-corrected chi connectivity index (χ0v) is 16.7. The second kappa shape index (κ2) is 7.89. The molecule has 1 aliphatic rings. The maximum absolute atomic E-state index is 4.74. The normalized spacial score (nSPS) is 14.7. The molecule has 0 bridgehead atoms. The number of rotatable bonds is 5. The lowest BCUT2D eigenvalue weighted by Crippen LogP contribution is -2.25. The highest BCUT2D eigenvalue weighted by molar-refractivity contribution is 6.01. The Morgan fingerprint density at radius 2 is 1.18 bits per heavy atom. The maximum Gasteiger partial charge on any atom is 0.133 e. The van der Waals surface area contributed by atoms with Crippen molar-refractivity contribution >= 4 is 17.6 Å². The molecular formula is C25H27N3. The highest BCUT2D eigenvalue weighted by Crippen LogP contribution is 2.44. The molecule has 0 aliphatic carbocycles. The summed E-state index contributed by atoms with van der Waals surface area (Å²) in [6.07, 6.45) is 2.00. The van der Waals surface area contributed by atoms with Crippen LogP contribution in [0.4, 0.5) is 11.4 Å². The standard InChI is InChI=1S/C25H27N3/c1-17(2)18(3)26-16-23-27-24-21(19-10-6-4-7-11-19)14-15-22(25(24)28-23)20-12-8-5-9-13-20/h4-18,23,27-28H,1-3H3. The van der Waals surface area contributed by atoms with Gasteiger partial charge in [0.2, 0.25) is 0 Å². The fraction of sp³-hybridized carbons (Fsp3) is 0.240. The first kappa shape index (κ1) is 18.3. The Morgan fingerprint density at radius 3 is 1.61 bits per heavy atom. The van der Waals surface area contributed by atoms with Gasteiger partial charge in [-0.1, -0.05) is 86.6 Å².